The van der Waals surface area contributed by atoms with E-state index in [-0.39, 0.29) is 11.9 Å². The normalized spacial score (nSPS) is 12.6. The molecule has 102 valence electrons. The summed E-state index contributed by atoms with van der Waals surface area (Å²) in [6.07, 6.45) is 1.04. The van der Waals surface area contributed by atoms with Gasteiger partial charge in [-0.1, -0.05) is 12.1 Å². The third kappa shape index (κ3) is 3.38. The fourth-order valence-corrected chi connectivity index (χ4v) is 1.84. The van der Waals surface area contributed by atoms with Crippen molar-refractivity contribution >= 4 is 0 Å². The molecule has 1 aromatic carbocycles. The molecule has 0 aliphatic rings. The zero-order valence-electron chi connectivity index (χ0n) is 11.4. The van der Waals surface area contributed by atoms with Crippen LogP contribution in [0.1, 0.15) is 37.8 Å². The molecule has 0 bridgehead atoms. The van der Waals surface area contributed by atoms with E-state index in [0.29, 0.717) is 17.3 Å². The highest BCUT2D eigenvalue weighted by atomic mass is 19.1. The molecule has 0 radical (unpaired) electrons. The lowest BCUT2D eigenvalue weighted by molar-refractivity contribution is 0.340. The Balaban J connectivity index is 2.20. The molecule has 5 heteroatoms. The Morgan fingerprint density at radius 2 is 2.16 bits per heavy atom. The first-order chi connectivity index (χ1) is 9.10. The van der Waals surface area contributed by atoms with Crippen molar-refractivity contribution in [1.29, 1.82) is 0 Å². The van der Waals surface area contributed by atoms with Gasteiger partial charge in [-0.2, -0.15) is 4.98 Å². The molecule has 4 nitrogen and oxygen atoms in total. The number of rotatable bonds is 5. The standard InChI is InChI=1S/C14H18FN3O/c1-4-5-16-10(3)14-17-13(18-19-14)11-6-9(2)7-12(15)8-11/h6-8,10,16H,4-5H2,1-3H3. The Bertz CT molecular complexity index is 533. The first kappa shape index (κ1) is 13.7. The minimum atomic E-state index is -0.293. The molecular formula is C14H18FN3O. The van der Waals surface area contributed by atoms with Gasteiger partial charge < -0.3 is 9.84 Å². The third-order valence-corrected chi connectivity index (χ3v) is 2.81. The second-order valence-electron chi connectivity index (χ2n) is 4.65. The van der Waals surface area contributed by atoms with Crippen LogP contribution < -0.4 is 5.32 Å². The van der Waals surface area contributed by atoms with Crippen LogP contribution in [0.2, 0.25) is 0 Å². The van der Waals surface area contributed by atoms with E-state index in [1.54, 1.807) is 0 Å². The lowest BCUT2D eigenvalue weighted by atomic mass is 10.1. The van der Waals surface area contributed by atoms with Crippen LogP contribution in [0.4, 0.5) is 4.39 Å². The summed E-state index contributed by atoms with van der Waals surface area (Å²) in [5.74, 6) is 0.645. The van der Waals surface area contributed by atoms with E-state index in [2.05, 4.69) is 22.4 Å². The predicted molar refractivity (Wildman–Crippen MR) is 71.1 cm³/mol. The maximum Gasteiger partial charge on any atom is 0.243 e. The molecule has 1 unspecified atom stereocenters. The summed E-state index contributed by atoms with van der Waals surface area (Å²) in [6, 6.07) is 4.71. The molecule has 0 saturated carbocycles. The van der Waals surface area contributed by atoms with Crippen LogP contribution >= 0.6 is 0 Å². The summed E-state index contributed by atoms with van der Waals surface area (Å²) >= 11 is 0. The Morgan fingerprint density at radius 3 is 2.84 bits per heavy atom. The number of nitrogens with zero attached hydrogens (tertiary/aromatic N) is 2. The molecule has 1 aromatic heterocycles. The molecule has 2 rings (SSSR count). The minimum absolute atomic E-state index is 0.00384. The first-order valence-electron chi connectivity index (χ1n) is 6.44. The molecule has 0 fully saturated rings. The monoisotopic (exact) mass is 263 g/mol. The lowest BCUT2D eigenvalue weighted by Gasteiger charge is -2.06. The third-order valence-electron chi connectivity index (χ3n) is 2.81. The molecule has 1 heterocycles. The zero-order valence-corrected chi connectivity index (χ0v) is 11.4. The number of hydrogen-bond acceptors (Lipinski definition) is 4. The molecule has 0 saturated heterocycles. The van der Waals surface area contributed by atoms with Gasteiger partial charge in [0.15, 0.2) is 0 Å². The van der Waals surface area contributed by atoms with Crippen LogP contribution in [0.3, 0.4) is 0 Å². The molecule has 0 spiro atoms. The molecular weight excluding hydrogens is 245 g/mol. The van der Waals surface area contributed by atoms with E-state index < -0.39 is 0 Å². The lowest BCUT2D eigenvalue weighted by Crippen LogP contribution is -2.19. The van der Waals surface area contributed by atoms with Crippen LogP contribution in [0.25, 0.3) is 11.4 Å². The Kier molecular flexibility index (Phi) is 4.27. The van der Waals surface area contributed by atoms with Crippen LogP contribution in [0.15, 0.2) is 22.7 Å². The van der Waals surface area contributed by atoms with Gasteiger partial charge in [-0.05, 0) is 50.6 Å². The van der Waals surface area contributed by atoms with Crippen molar-refractivity contribution in [2.24, 2.45) is 0 Å². The maximum atomic E-state index is 13.3. The summed E-state index contributed by atoms with van der Waals surface area (Å²) in [7, 11) is 0. The Morgan fingerprint density at radius 1 is 1.37 bits per heavy atom. The average molecular weight is 263 g/mol. The second kappa shape index (κ2) is 5.93. The van der Waals surface area contributed by atoms with E-state index in [0.717, 1.165) is 18.5 Å². The van der Waals surface area contributed by atoms with Crippen molar-refractivity contribution in [3.05, 3.63) is 35.5 Å². The Hall–Kier alpha value is -1.75. The number of hydrogen-bond donors (Lipinski definition) is 1. The van der Waals surface area contributed by atoms with E-state index >= 15 is 0 Å². The van der Waals surface area contributed by atoms with Crippen LogP contribution in [-0.2, 0) is 0 Å². The highest BCUT2D eigenvalue weighted by Crippen LogP contribution is 2.20. The average Bonchev–Trinajstić information content (AvgIpc) is 2.84. The molecule has 1 atom stereocenters. The van der Waals surface area contributed by atoms with Gasteiger partial charge in [0.25, 0.3) is 0 Å². The van der Waals surface area contributed by atoms with Gasteiger partial charge in [-0.25, -0.2) is 4.39 Å². The summed E-state index contributed by atoms with van der Waals surface area (Å²) in [5.41, 5.74) is 1.47. The van der Waals surface area contributed by atoms with Gasteiger partial charge >= 0.3 is 0 Å². The van der Waals surface area contributed by atoms with E-state index in [1.807, 2.05) is 19.9 Å². The molecule has 0 aliphatic carbocycles. The Labute approximate surface area is 112 Å². The van der Waals surface area contributed by atoms with Crippen molar-refractivity contribution in [3.8, 4) is 11.4 Å². The molecule has 1 N–H and O–H groups in total. The number of aryl methyl sites for hydroxylation is 1. The van der Waals surface area contributed by atoms with E-state index in [1.165, 1.54) is 12.1 Å². The van der Waals surface area contributed by atoms with Crippen LogP contribution in [-0.4, -0.2) is 16.7 Å². The van der Waals surface area contributed by atoms with Crippen molar-refractivity contribution in [1.82, 2.24) is 15.5 Å². The van der Waals surface area contributed by atoms with Gasteiger partial charge in [0.1, 0.15) is 5.82 Å². The van der Waals surface area contributed by atoms with E-state index in [9.17, 15) is 4.39 Å². The number of benzene rings is 1. The molecule has 0 aliphatic heterocycles. The SMILES string of the molecule is CCCNC(C)c1nc(-c2cc(C)cc(F)c2)no1. The summed E-state index contributed by atoms with van der Waals surface area (Å²) in [5, 5.41) is 7.17. The summed E-state index contributed by atoms with van der Waals surface area (Å²) < 4.78 is 18.6. The quantitative estimate of drug-likeness (QED) is 0.899. The van der Waals surface area contributed by atoms with Gasteiger partial charge in [0, 0.05) is 5.56 Å². The van der Waals surface area contributed by atoms with Gasteiger partial charge in [-0.3, -0.25) is 0 Å². The summed E-state index contributed by atoms with van der Waals surface area (Å²) in [4.78, 5) is 4.31. The van der Waals surface area contributed by atoms with Crippen LogP contribution in [0, 0.1) is 12.7 Å². The van der Waals surface area contributed by atoms with E-state index in [4.69, 9.17) is 4.52 Å². The minimum Gasteiger partial charge on any atom is -0.337 e. The smallest absolute Gasteiger partial charge is 0.243 e. The maximum absolute atomic E-state index is 13.3. The number of halogens is 1. The van der Waals surface area contributed by atoms with Crippen molar-refractivity contribution in [3.63, 3.8) is 0 Å². The highest BCUT2D eigenvalue weighted by molar-refractivity contribution is 5.55. The van der Waals surface area contributed by atoms with Crippen LogP contribution in [0.5, 0.6) is 0 Å². The zero-order chi connectivity index (χ0) is 13.8. The van der Waals surface area contributed by atoms with Gasteiger partial charge in [0.05, 0.1) is 6.04 Å². The number of aromatic nitrogens is 2. The summed E-state index contributed by atoms with van der Waals surface area (Å²) in [6.45, 7) is 6.77. The molecule has 2 aromatic rings. The predicted octanol–water partition coefficient (Wildman–Crippen LogP) is 3.24. The fourth-order valence-electron chi connectivity index (χ4n) is 1.84. The molecule has 19 heavy (non-hydrogen) atoms. The van der Waals surface area contributed by atoms with Gasteiger partial charge in [0.2, 0.25) is 11.7 Å². The largest absolute Gasteiger partial charge is 0.337 e. The topological polar surface area (TPSA) is 51.0 Å². The number of nitrogens with one attached hydrogen (secondary N) is 1. The van der Waals surface area contributed by atoms with Crippen molar-refractivity contribution < 1.29 is 8.91 Å². The van der Waals surface area contributed by atoms with Crippen molar-refractivity contribution in [2.75, 3.05) is 6.54 Å². The highest BCUT2D eigenvalue weighted by Gasteiger charge is 2.15. The first-order valence-corrected chi connectivity index (χ1v) is 6.44. The van der Waals surface area contributed by atoms with Gasteiger partial charge in [-0.15, -0.1) is 0 Å². The molecule has 0 amide bonds. The fraction of sp³-hybridized carbons (Fsp3) is 0.429. The second-order valence-corrected chi connectivity index (χ2v) is 4.65. The van der Waals surface area contributed by atoms with Crippen molar-refractivity contribution in [2.45, 2.75) is 33.2 Å².